The van der Waals surface area contributed by atoms with Gasteiger partial charge in [0.1, 0.15) is 11.5 Å². The highest BCUT2D eigenvalue weighted by Crippen LogP contribution is 2.36. The second-order valence-corrected chi connectivity index (χ2v) is 4.78. The molecule has 1 rings (SSSR count). The van der Waals surface area contributed by atoms with E-state index in [1.54, 1.807) is 20.3 Å². The smallest absolute Gasteiger partial charge is 0.143 e. The van der Waals surface area contributed by atoms with Gasteiger partial charge in [-0.2, -0.15) is 0 Å². The first-order valence-electron chi connectivity index (χ1n) is 6.30. The molecule has 18 heavy (non-hydrogen) atoms. The van der Waals surface area contributed by atoms with E-state index in [0.29, 0.717) is 16.8 Å². The molecular weight excluding hydrogens is 250 g/mol. The minimum absolute atomic E-state index is 0.393. The number of unbranched alkanes of at least 4 members (excludes halogenated alkanes) is 1. The summed E-state index contributed by atoms with van der Waals surface area (Å²) in [5, 5.41) is 3.99. The summed E-state index contributed by atoms with van der Waals surface area (Å²) in [7, 11) is 3.25. The van der Waals surface area contributed by atoms with Gasteiger partial charge in [-0.1, -0.05) is 31.4 Å². The number of methoxy groups -OCH3 is 2. The summed E-state index contributed by atoms with van der Waals surface area (Å²) in [6.45, 7) is 4.36. The quantitative estimate of drug-likeness (QED) is 0.800. The maximum atomic E-state index is 6.07. The average Bonchev–Trinajstić information content (AvgIpc) is 2.37. The molecule has 0 aliphatic heterocycles. The lowest BCUT2D eigenvalue weighted by Crippen LogP contribution is -2.15. The van der Waals surface area contributed by atoms with Crippen LogP contribution in [0.15, 0.2) is 12.1 Å². The summed E-state index contributed by atoms with van der Waals surface area (Å²) in [6.07, 6.45) is 3.54. The number of rotatable bonds is 7. The van der Waals surface area contributed by atoms with Gasteiger partial charge in [0.25, 0.3) is 0 Å². The fourth-order valence-electron chi connectivity index (χ4n) is 1.82. The van der Waals surface area contributed by atoms with E-state index in [2.05, 4.69) is 19.2 Å². The molecule has 0 saturated heterocycles. The molecule has 0 saturated carbocycles. The number of anilines is 1. The Bertz CT molecular complexity index is 382. The van der Waals surface area contributed by atoms with Gasteiger partial charge in [0, 0.05) is 18.2 Å². The van der Waals surface area contributed by atoms with Crippen molar-refractivity contribution >= 4 is 17.3 Å². The molecule has 4 heteroatoms. The lowest BCUT2D eigenvalue weighted by Gasteiger charge is -2.18. The molecule has 1 N–H and O–H groups in total. The van der Waals surface area contributed by atoms with Crippen LogP contribution >= 0.6 is 11.6 Å². The van der Waals surface area contributed by atoms with Gasteiger partial charge >= 0.3 is 0 Å². The van der Waals surface area contributed by atoms with Crippen molar-refractivity contribution in [2.75, 3.05) is 19.5 Å². The lowest BCUT2D eigenvalue weighted by atomic mass is 10.1. The van der Waals surface area contributed by atoms with Crippen LogP contribution in [0.4, 0.5) is 5.69 Å². The topological polar surface area (TPSA) is 30.5 Å². The van der Waals surface area contributed by atoms with E-state index in [4.69, 9.17) is 21.1 Å². The number of halogens is 1. The van der Waals surface area contributed by atoms with Gasteiger partial charge in [-0.05, 0) is 13.3 Å². The zero-order chi connectivity index (χ0) is 13.5. The molecule has 3 nitrogen and oxygen atoms in total. The molecule has 1 aromatic rings. The average molecular weight is 272 g/mol. The summed E-state index contributed by atoms with van der Waals surface area (Å²) in [6, 6.07) is 4.04. The van der Waals surface area contributed by atoms with Gasteiger partial charge in [-0.3, -0.25) is 0 Å². The Kier molecular flexibility index (Phi) is 6.13. The highest BCUT2D eigenvalue weighted by molar-refractivity contribution is 6.32. The summed E-state index contributed by atoms with van der Waals surface area (Å²) >= 11 is 6.07. The number of nitrogens with one attached hydrogen (secondary N) is 1. The number of benzene rings is 1. The van der Waals surface area contributed by atoms with Crippen molar-refractivity contribution in [1.29, 1.82) is 0 Å². The second kappa shape index (κ2) is 7.37. The Hall–Kier alpha value is -1.09. The molecule has 0 radical (unpaired) electrons. The molecule has 1 aromatic carbocycles. The summed E-state index contributed by atoms with van der Waals surface area (Å²) in [4.78, 5) is 0. The van der Waals surface area contributed by atoms with Crippen LogP contribution in [0.2, 0.25) is 5.02 Å². The number of hydrogen-bond acceptors (Lipinski definition) is 3. The lowest BCUT2D eigenvalue weighted by molar-refractivity contribution is 0.404. The van der Waals surface area contributed by atoms with Crippen LogP contribution in [0.3, 0.4) is 0 Å². The van der Waals surface area contributed by atoms with Crippen molar-refractivity contribution in [1.82, 2.24) is 0 Å². The van der Waals surface area contributed by atoms with Gasteiger partial charge < -0.3 is 14.8 Å². The van der Waals surface area contributed by atoms with Crippen LogP contribution in [0.25, 0.3) is 0 Å². The Balaban J connectivity index is 2.85. The minimum Gasteiger partial charge on any atom is -0.495 e. The van der Waals surface area contributed by atoms with Crippen LogP contribution in [-0.4, -0.2) is 20.3 Å². The molecule has 0 amide bonds. The summed E-state index contributed by atoms with van der Waals surface area (Å²) in [5.74, 6) is 1.40. The van der Waals surface area contributed by atoms with E-state index in [0.717, 1.165) is 17.9 Å². The molecule has 0 fully saturated rings. The van der Waals surface area contributed by atoms with E-state index in [9.17, 15) is 0 Å². The predicted molar refractivity (Wildman–Crippen MR) is 77.2 cm³/mol. The molecule has 0 aromatic heterocycles. The maximum Gasteiger partial charge on any atom is 0.143 e. The minimum atomic E-state index is 0.393. The largest absolute Gasteiger partial charge is 0.495 e. The van der Waals surface area contributed by atoms with Gasteiger partial charge in [0.15, 0.2) is 0 Å². The van der Waals surface area contributed by atoms with Gasteiger partial charge in [0.2, 0.25) is 0 Å². The third-order valence-corrected chi connectivity index (χ3v) is 3.16. The van der Waals surface area contributed by atoms with E-state index in [-0.39, 0.29) is 0 Å². The Morgan fingerprint density at radius 3 is 2.44 bits per heavy atom. The first-order chi connectivity index (χ1) is 8.62. The van der Waals surface area contributed by atoms with Crippen LogP contribution in [-0.2, 0) is 0 Å². The summed E-state index contributed by atoms with van der Waals surface area (Å²) < 4.78 is 10.5. The van der Waals surface area contributed by atoms with Gasteiger partial charge in [0.05, 0.1) is 24.9 Å². The summed E-state index contributed by atoms with van der Waals surface area (Å²) in [5.41, 5.74) is 0.919. The molecule has 0 heterocycles. The van der Waals surface area contributed by atoms with Crippen LogP contribution in [0, 0.1) is 0 Å². The normalized spacial score (nSPS) is 12.1. The van der Waals surface area contributed by atoms with Crippen LogP contribution in [0.5, 0.6) is 11.5 Å². The van der Waals surface area contributed by atoms with Crippen molar-refractivity contribution in [3.05, 3.63) is 17.2 Å². The Labute approximate surface area is 114 Å². The molecular formula is C14H22ClNO2. The van der Waals surface area contributed by atoms with Crippen LogP contribution in [0.1, 0.15) is 33.1 Å². The molecule has 1 unspecified atom stereocenters. The monoisotopic (exact) mass is 271 g/mol. The molecule has 0 aliphatic rings. The van der Waals surface area contributed by atoms with E-state index >= 15 is 0 Å². The third-order valence-electron chi connectivity index (χ3n) is 2.87. The first-order valence-corrected chi connectivity index (χ1v) is 6.68. The standard InChI is InChI=1S/C14H22ClNO2/c1-5-6-7-10(2)16-12-9-13(17-3)11(15)8-14(12)18-4/h8-10,16H,5-7H2,1-4H3. The van der Waals surface area contributed by atoms with Crippen molar-refractivity contribution in [2.24, 2.45) is 0 Å². The zero-order valence-electron chi connectivity index (χ0n) is 11.5. The van der Waals surface area contributed by atoms with Gasteiger partial charge in [-0.15, -0.1) is 0 Å². The van der Waals surface area contributed by atoms with Crippen molar-refractivity contribution in [3.8, 4) is 11.5 Å². The number of hydrogen-bond donors (Lipinski definition) is 1. The molecule has 1 atom stereocenters. The molecule has 0 bridgehead atoms. The van der Waals surface area contributed by atoms with E-state index < -0.39 is 0 Å². The predicted octanol–water partition coefficient (Wildman–Crippen LogP) is 4.35. The van der Waals surface area contributed by atoms with E-state index in [1.807, 2.05) is 6.07 Å². The zero-order valence-corrected chi connectivity index (χ0v) is 12.3. The van der Waals surface area contributed by atoms with Gasteiger partial charge in [-0.25, -0.2) is 0 Å². The second-order valence-electron chi connectivity index (χ2n) is 4.37. The molecule has 102 valence electrons. The first kappa shape index (κ1) is 15.0. The Morgan fingerprint density at radius 2 is 1.89 bits per heavy atom. The highest BCUT2D eigenvalue weighted by atomic mass is 35.5. The van der Waals surface area contributed by atoms with Crippen molar-refractivity contribution in [2.45, 2.75) is 39.2 Å². The highest BCUT2D eigenvalue weighted by Gasteiger charge is 2.11. The number of ether oxygens (including phenoxy) is 2. The molecule has 0 spiro atoms. The van der Waals surface area contributed by atoms with Crippen molar-refractivity contribution < 1.29 is 9.47 Å². The maximum absolute atomic E-state index is 6.07. The van der Waals surface area contributed by atoms with E-state index in [1.165, 1.54) is 12.8 Å². The third kappa shape index (κ3) is 3.98. The van der Waals surface area contributed by atoms with Crippen molar-refractivity contribution in [3.63, 3.8) is 0 Å². The fourth-order valence-corrected chi connectivity index (χ4v) is 2.05. The fraction of sp³-hybridized carbons (Fsp3) is 0.571. The SMILES string of the molecule is CCCCC(C)Nc1cc(OC)c(Cl)cc1OC. The van der Waals surface area contributed by atoms with Crippen LogP contribution < -0.4 is 14.8 Å². The molecule has 0 aliphatic carbocycles. The Morgan fingerprint density at radius 1 is 1.22 bits per heavy atom.